The Morgan fingerprint density at radius 2 is 1.76 bits per heavy atom. The van der Waals surface area contributed by atoms with Crippen molar-refractivity contribution >= 4 is 15.7 Å². The molecule has 1 aromatic rings. The quantitative estimate of drug-likeness (QED) is 0.799. The minimum atomic E-state index is -3.04. The molecule has 4 nitrogen and oxygen atoms in total. The summed E-state index contributed by atoms with van der Waals surface area (Å²) in [4.78, 5) is 14.6. The number of rotatable bonds is 1. The first kappa shape index (κ1) is 16.0. The van der Waals surface area contributed by atoms with Crippen LogP contribution in [-0.4, -0.2) is 43.3 Å². The normalized spacial score (nSPS) is 21.9. The molecule has 0 spiro atoms. The molecule has 0 N–H and O–H groups in total. The van der Waals surface area contributed by atoms with Crippen molar-refractivity contribution in [3.63, 3.8) is 0 Å². The minimum absolute atomic E-state index is 0.0467. The Labute approximate surface area is 127 Å². The molecule has 0 radical (unpaired) electrons. The molecule has 0 bridgehead atoms. The van der Waals surface area contributed by atoms with E-state index in [0.717, 1.165) is 16.7 Å². The fourth-order valence-electron chi connectivity index (χ4n) is 3.18. The van der Waals surface area contributed by atoms with Gasteiger partial charge in [-0.2, -0.15) is 0 Å². The van der Waals surface area contributed by atoms with Gasteiger partial charge in [0, 0.05) is 18.2 Å². The number of benzene rings is 1. The van der Waals surface area contributed by atoms with E-state index in [9.17, 15) is 13.2 Å². The number of nitrogens with zero attached hydrogens (tertiary/aromatic N) is 1. The molecule has 1 fully saturated rings. The fourth-order valence-corrected chi connectivity index (χ4v) is 4.83. The van der Waals surface area contributed by atoms with E-state index < -0.39 is 9.84 Å². The second-order valence-electron chi connectivity index (χ2n) is 6.09. The maximum Gasteiger partial charge on any atom is 0.254 e. The molecular weight excluding hydrogens is 286 g/mol. The Kier molecular flexibility index (Phi) is 4.42. The lowest BCUT2D eigenvalue weighted by Gasteiger charge is -2.28. The van der Waals surface area contributed by atoms with Crippen LogP contribution >= 0.6 is 0 Å². The predicted molar refractivity (Wildman–Crippen MR) is 84.4 cm³/mol. The smallest absolute Gasteiger partial charge is 0.254 e. The number of aryl methyl sites for hydroxylation is 3. The SMILES string of the molecule is Cc1cc(C)c(C(=O)N2CCCS(=O)(=O)CC2C)c(C)c1. The average Bonchev–Trinajstić information content (AvgIpc) is 2.44. The third-order valence-corrected chi connectivity index (χ3v) is 5.93. The summed E-state index contributed by atoms with van der Waals surface area (Å²) in [5, 5.41) is 0. The summed E-state index contributed by atoms with van der Waals surface area (Å²) in [6.07, 6.45) is 0.516. The van der Waals surface area contributed by atoms with Gasteiger partial charge >= 0.3 is 0 Å². The number of sulfone groups is 1. The summed E-state index contributed by atoms with van der Waals surface area (Å²) in [7, 11) is -3.04. The Morgan fingerprint density at radius 3 is 2.33 bits per heavy atom. The number of hydrogen-bond donors (Lipinski definition) is 0. The van der Waals surface area contributed by atoms with E-state index in [1.807, 2.05) is 39.8 Å². The fraction of sp³-hybridized carbons (Fsp3) is 0.562. The summed E-state index contributed by atoms with van der Waals surface area (Å²) in [6, 6.07) is 3.73. The van der Waals surface area contributed by atoms with E-state index >= 15 is 0 Å². The van der Waals surface area contributed by atoms with Gasteiger partial charge in [0.15, 0.2) is 9.84 Å². The summed E-state index contributed by atoms with van der Waals surface area (Å²) in [5.41, 5.74) is 3.76. The number of amides is 1. The van der Waals surface area contributed by atoms with Crippen LogP contribution < -0.4 is 0 Å². The van der Waals surface area contributed by atoms with Crippen molar-refractivity contribution in [2.24, 2.45) is 0 Å². The van der Waals surface area contributed by atoms with Crippen LogP contribution in [0.15, 0.2) is 12.1 Å². The molecule has 0 aliphatic carbocycles. The van der Waals surface area contributed by atoms with Crippen molar-refractivity contribution < 1.29 is 13.2 Å². The lowest BCUT2D eigenvalue weighted by molar-refractivity contribution is 0.0711. The molecule has 1 aliphatic heterocycles. The third-order valence-electron chi connectivity index (χ3n) is 4.03. The van der Waals surface area contributed by atoms with Crippen LogP contribution in [0.5, 0.6) is 0 Å². The largest absolute Gasteiger partial charge is 0.335 e. The van der Waals surface area contributed by atoms with Crippen molar-refractivity contribution in [2.45, 2.75) is 40.2 Å². The first-order chi connectivity index (χ1) is 9.71. The molecule has 1 heterocycles. The first-order valence-electron chi connectivity index (χ1n) is 7.30. The molecule has 1 saturated heterocycles. The van der Waals surface area contributed by atoms with Gasteiger partial charge in [0.2, 0.25) is 0 Å². The molecule has 1 aliphatic rings. The van der Waals surface area contributed by atoms with Crippen LogP contribution in [0.25, 0.3) is 0 Å². The van der Waals surface area contributed by atoms with E-state index in [2.05, 4.69) is 0 Å². The molecule has 1 atom stereocenters. The minimum Gasteiger partial charge on any atom is -0.335 e. The van der Waals surface area contributed by atoms with E-state index in [1.165, 1.54) is 0 Å². The van der Waals surface area contributed by atoms with Gasteiger partial charge in [-0.25, -0.2) is 8.42 Å². The number of carbonyl (C=O) groups excluding carboxylic acids is 1. The molecule has 1 aromatic carbocycles. The van der Waals surface area contributed by atoms with Gasteiger partial charge in [0.1, 0.15) is 0 Å². The molecule has 116 valence electrons. The molecule has 2 rings (SSSR count). The van der Waals surface area contributed by atoms with E-state index in [4.69, 9.17) is 0 Å². The Balaban J connectivity index is 2.36. The molecule has 21 heavy (non-hydrogen) atoms. The zero-order chi connectivity index (χ0) is 15.8. The average molecular weight is 309 g/mol. The molecule has 0 saturated carbocycles. The van der Waals surface area contributed by atoms with Crippen molar-refractivity contribution in [3.05, 3.63) is 34.4 Å². The molecule has 1 amide bonds. The van der Waals surface area contributed by atoms with Crippen LogP contribution in [0, 0.1) is 20.8 Å². The zero-order valence-electron chi connectivity index (χ0n) is 13.1. The summed E-state index contributed by atoms with van der Waals surface area (Å²) in [5.74, 6) is 0.185. The van der Waals surface area contributed by atoms with Crippen LogP contribution in [-0.2, 0) is 9.84 Å². The van der Waals surface area contributed by atoms with Crippen LogP contribution in [0.2, 0.25) is 0 Å². The highest BCUT2D eigenvalue weighted by Gasteiger charge is 2.30. The van der Waals surface area contributed by atoms with E-state index in [0.29, 0.717) is 18.5 Å². The van der Waals surface area contributed by atoms with Crippen molar-refractivity contribution in [1.29, 1.82) is 0 Å². The second kappa shape index (κ2) is 5.79. The van der Waals surface area contributed by atoms with Gasteiger partial charge in [-0.15, -0.1) is 0 Å². The number of hydrogen-bond acceptors (Lipinski definition) is 3. The van der Waals surface area contributed by atoms with Crippen molar-refractivity contribution in [1.82, 2.24) is 4.90 Å². The topological polar surface area (TPSA) is 54.5 Å². The Hall–Kier alpha value is -1.36. The van der Waals surface area contributed by atoms with E-state index in [1.54, 1.807) is 4.90 Å². The zero-order valence-corrected chi connectivity index (χ0v) is 14.0. The van der Waals surface area contributed by atoms with Crippen LogP contribution in [0.4, 0.5) is 0 Å². The van der Waals surface area contributed by atoms with Gasteiger partial charge in [0.05, 0.1) is 11.5 Å². The molecule has 1 unspecified atom stereocenters. The first-order valence-corrected chi connectivity index (χ1v) is 9.12. The predicted octanol–water partition coefficient (Wildman–Crippen LogP) is 2.26. The summed E-state index contributed by atoms with van der Waals surface area (Å²) in [6.45, 7) is 8.21. The number of carbonyl (C=O) groups is 1. The highest BCUT2D eigenvalue weighted by atomic mass is 32.2. The Morgan fingerprint density at radius 1 is 1.19 bits per heavy atom. The molecular formula is C16H23NO3S. The second-order valence-corrected chi connectivity index (χ2v) is 8.32. The van der Waals surface area contributed by atoms with Gasteiger partial charge in [-0.3, -0.25) is 4.79 Å². The lowest BCUT2D eigenvalue weighted by Crippen LogP contribution is -2.41. The molecule has 0 aromatic heterocycles. The van der Waals surface area contributed by atoms with Crippen molar-refractivity contribution in [2.75, 3.05) is 18.1 Å². The highest BCUT2D eigenvalue weighted by Crippen LogP contribution is 2.21. The monoisotopic (exact) mass is 309 g/mol. The highest BCUT2D eigenvalue weighted by molar-refractivity contribution is 7.91. The Bertz CT molecular complexity index is 641. The third kappa shape index (κ3) is 3.46. The van der Waals surface area contributed by atoms with Gasteiger partial charge < -0.3 is 4.90 Å². The van der Waals surface area contributed by atoms with Gasteiger partial charge in [-0.1, -0.05) is 17.7 Å². The van der Waals surface area contributed by atoms with Crippen LogP contribution in [0.1, 0.15) is 40.4 Å². The molecule has 5 heteroatoms. The lowest BCUT2D eigenvalue weighted by atomic mass is 9.98. The standard InChI is InChI=1S/C16H23NO3S/c1-11-8-12(2)15(13(3)9-11)16(18)17-6-5-7-21(19,20)10-14(17)4/h8-9,14H,5-7,10H2,1-4H3. The van der Waals surface area contributed by atoms with Crippen molar-refractivity contribution in [3.8, 4) is 0 Å². The van der Waals surface area contributed by atoms with Gasteiger partial charge in [0.25, 0.3) is 5.91 Å². The van der Waals surface area contributed by atoms with E-state index in [-0.39, 0.29) is 23.5 Å². The summed E-state index contributed by atoms with van der Waals surface area (Å²) < 4.78 is 23.7. The maximum absolute atomic E-state index is 12.9. The van der Waals surface area contributed by atoms with Crippen LogP contribution in [0.3, 0.4) is 0 Å². The maximum atomic E-state index is 12.9. The van der Waals surface area contributed by atoms with Gasteiger partial charge in [-0.05, 0) is 45.2 Å². The summed E-state index contributed by atoms with van der Waals surface area (Å²) >= 11 is 0.